The zero-order valence-electron chi connectivity index (χ0n) is 12.3. The molecule has 0 aliphatic carbocycles. The van der Waals surface area contributed by atoms with Gasteiger partial charge >= 0.3 is 6.01 Å². The standard InChI is InChI=1S/C14H18FN5O/c1-4-20(11-8-6-10(15)7-9-11)13-17-12(16-3)18-14(19-13)21-5-2/h6-9H,4-5H2,1-3H3,(H,16,17,18,19). The molecular formula is C14H18FN5O. The molecule has 2 rings (SSSR count). The van der Waals surface area contributed by atoms with Crippen LogP contribution in [-0.4, -0.2) is 35.2 Å². The van der Waals surface area contributed by atoms with E-state index < -0.39 is 0 Å². The average Bonchev–Trinajstić information content (AvgIpc) is 2.50. The molecule has 0 spiro atoms. The van der Waals surface area contributed by atoms with Gasteiger partial charge in [0.25, 0.3) is 0 Å². The molecule has 1 aromatic carbocycles. The van der Waals surface area contributed by atoms with Gasteiger partial charge in [0.2, 0.25) is 11.9 Å². The predicted octanol–water partition coefficient (Wildman–Crippen LogP) is 2.61. The number of rotatable bonds is 6. The number of hydrogen-bond acceptors (Lipinski definition) is 6. The third-order valence-electron chi connectivity index (χ3n) is 2.80. The molecule has 2 aromatic rings. The molecular weight excluding hydrogens is 273 g/mol. The van der Waals surface area contributed by atoms with E-state index in [9.17, 15) is 4.39 Å². The van der Waals surface area contributed by atoms with Crippen molar-refractivity contribution in [2.45, 2.75) is 13.8 Å². The molecule has 1 heterocycles. The van der Waals surface area contributed by atoms with Gasteiger partial charge < -0.3 is 15.0 Å². The molecule has 7 heteroatoms. The molecule has 0 saturated carbocycles. The maximum absolute atomic E-state index is 13.0. The zero-order chi connectivity index (χ0) is 15.2. The molecule has 0 aliphatic rings. The number of ether oxygens (including phenoxy) is 1. The summed E-state index contributed by atoms with van der Waals surface area (Å²) in [7, 11) is 1.73. The summed E-state index contributed by atoms with van der Waals surface area (Å²) >= 11 is 0. The lowest BCUT2D eigenvalue weighted by Crippen LogP contribution is -2.20. The van der Waals surface area contributed by atoms with E-state index in [1.165, 1.54) is 12.1 Å². The number of halogens is 1. The van der Waals surface area contributed by atoms with Gasteiger partial charge in [0.1, 0.15) is 5.82 Å². The van der Waals surface area contributed by atoms with Crippen molar-refractivity contribution in [1.29, 1.82) is 0 Å². The molecule has 1 aromatic heterocycles. The third-order valence-corrected chi connectivity index (χ3v) is 2.80. The van der Waals surface area contributed by atoms with Gasteiger partial charge in [0.05, 0.1) is 6.61 Å². The van der Waals surface area contributed by atoms with Crippen LogP contribution in [0.3, 0.4) is 0 Å². The molecule has 0 saturated heterocycles. The molecule has 21 heavy (non-hydrogen) atoms. The molecule has 0 bridgehead atoms. The Hall–Kier alpha value is -2.44. The van der Waals surface area contributed by atoms with Crippen LogP contribution in [0.25, 0.3) is 0 Å². The molecule has 6 nitrogen and oxygen atoms in total. The quantitative estimate of drug-likeness (QED) is 0.882. The van der Waals surface area contributed by atoms with Crippen molar-refractivity contribution in [3.63, 3.8) is 0 Å². The number of aromatic nitrogens is 3. The second-order valence-electron chi connectivity index (χ2n) is 4.15. The summed E-state index contributed by atoms with van der Waals surface area (Å²) in [6, 6.07) is 6.43. The van der Waals surface area contributed by atoms with Crippen molar-refractivity contribution in [3.8, 4) is 6.01 Å². The highest BCUT2D eigenvalue weighted by Crippen LogP contribution is 2.24. The Morgan fingerprint density at radius 1 is 1.14 bits per heavy atom. The molecule has 0 unspecified atom stereocenters. The fraction of sp³-hybridized carbons (Fsp3) is 0.357. The Bertz CT molecular complexity index is 590. The van der Waals surface area contributed by atoms with E-state index >= 15 is 0 Å². The Balaban J connectivity index is 2.40. The summed E-state index contributed by atoms with van der Waals surface area (Å²) in [5, 5.41) is 2.88. The molecule has 0 aliphatic heterocycles. The van der Waals surface area contributed by atoms with E-state index in [2.05, 4.69) is 20.3 Å². The summed E-state index contributed by atoms with van der Waals surface area (Å²) in [5.41, 5.74) is 0.801. The lowest BCUT2D eigenvalue weighted by molar-refractivity contribution is 0.312. The van der Waals surface area contributed by atoms with Crippen LogP contribution < -0.4 is 15.0 Å². The number of nitrogens with zero attached hydrogens (tertiary/aromatic N) is 4. The van der Waals surface area contributed by atoms with E-state index in [-0.39, 0.29) is 11.8 Å². The number of benzene rings is 1. The van der Waals surface area contributed by atoms with Crippen LogP contribution in [0.1, 0.15) is 13.8 Å². The van der Waals surface area contributed by atoms with E-state index in [1.54, 1.807) is 19.2 Å². The largest absolute Gasteiger partial charge is 0.464 e. The highest BCUT2D eigenvalue weighted by Gasteiger charge is 2.14. The Kier molecular flexibility index (Phi) is 4.86. The van der Waals surface area contributed by atoms with E-state index in [4.69, 9.17) is 4.74 Å². The lowest BCUT2D eigenvalue weighted by Gasteiger charge is -2.21. The highest BCUT2D eigenvalue weighted by atomic mass is 19.1. The minimum atomic E-state index is -0.281. The van der Waals surface area contributed by atoms with Crippen molar-refractivity contribution in [3.05, 3.63) is 30.1 Å². The summed E-state index contributed by atoms with van der Waals surface area (Å²) in [5.74, 6) is 0.590. The summed E-state index contributed by atoms with van der Waals surface area (Å²) in [6.45, 7) is 4.92. The first-order chi connectivity index (χ1) is 10.2. The van der Waals surface area contributed by atoms with Crippen molar-refractivity contribution in [1.82, 2.24) is 15.0 Å². The van der Waals surface area contributed by atoms with Crippen molar-refractivity contribution < 1.29 is 9.13 Å². The number of hydrogen-bond donors (Lipinski definition) is 1. The van der Waals surface area contributed by atoms with Crippen LogP contribution >= 0.6 is 0 Å². The van der Waals surface area contributed by atoms with Crippen molar-refractivity contribution in [2.24, 2.45) is 0 Å². The second kappa shape index (κ2) is 6.83. The topological polar surface area (TPSA) is 63.2 Å². The van der Waals surface area contributed by atoms with E-state index in [1.807, 2.05) is 18.7 Å². The third kappa shape index (κ3) is 3.56. The Labute approximate surface area is 123 Å². The first kappa shape index (κ1) is 15.0. The monoisotopic (exact) mass is 291 g/mol. The van der Waals surface area contributed by atoms with Gasteiger partial charge in [-0.15, -0.1) is 0 Å². The maximum Gasteiger partial charge on any atom is 0.323 e. The van der Waals surface area contributed by atoms with Gasteiger partial charge in [0.15, 0.2) is 0 Å². The molecule has 0 fully saturated rings. The molecule has 0 amide bonds. The molecule has 0 atom stereocenters. The van der Waals surface area contributed by atoms with E-state index in [0.29, 0.717) is 25.0 Å². The van der Waals surface area contributed by atoms with Gasteiger partial charge in [0, 0.05) is 19.3 Å². The number of anilines is 3. The van der Waals surface area contributed by atoms with Crippen molar-refractivity contribution in [2.75, 3.05) is 30.4 Å². The average molecular weight is 291 g/mol. The minimum Gasteiger partial charge on any atom is -0.464 e. The fourth-order valence-electron chi connectivity index (χ4n) is 1.83. The van der Waals surface area contributed by atoms with Gasteiger partial charge in [-0.2, -0.15) is 15.0 Å². The number of nitrogens with one attached hydrogen (secondary N) is 1. The minimum absolute atomic E-state index is 0.257. The Morgan fingerprint density at radius 2 is 1.86 bits per heavy atom. The molecule has 0 radical (unpaired) electrons. The predicted molar refractivity (Wildman–Crippen MR) is 79.6 cm³/mol. The van der Waals surface area contributed by atoms with Gasteiger partial charge in [-0.3, -0.25) is 0 Å². The summed E-state index contributed by atoms with van der Waals surface area (Å²) < 4.78 is 18.4. The molecule has 112 valence electrons. The van der Waals surface area contributed by atoms with E-state index in [0.717, 1.165) is 5.69 Å². The molecule has 1 N–H and O–H groups in total. The Morgan fingerprint density at radius 3 is 2.43 bits per heavy atom. The van der Waals surface area contributed by atoms with Crippen molar-refractivity contribution >= 4 is 17.6 Å². The van der Waals surface area contributed by atoms with Crippen LogP contribution in [0.5, 0.6) is 6.01 Å². The van der Waals surface area contributed by atoms with Gasteiger partial charge in [-0.1, -0.05) is 0 Å². The van der Waals surface area contributed by atoms with Gasteiger partial charge in [-0.05, 0) is 38.1 Å². The normalized spacial score (nSPS) is 10.3. The van der Waals surface area contributed by atoms with Gasteiger partial charge in [-0.25, -0.2) is 4.39 Å². The SMILES string of the molecule is CCOc1nc(NC)nc(N(CC)c2ccc(F)cc2)n1. The maximum atomic E-state index is 13.0. The second-order valence-corrected chi connectivity index (χ2v) is 4.15. The van der Waals surface area contributed by atoms with Crippen LogP contribution in [-0.2, 0) is 0 Å². The summed E-state index contributed by atoms with van der Waals surface area (Å²) in [4.78, 5) is 14.6. The van der Waals surface area contributed by atoms with Crippen LogP contribution in [0.4, 0.5) is 22.0 Å². The highest BCUT2D eigenvalue weighted by molar-refractivity contribution is 5.57. The first-order valence-electron chi connectivity index (χ1n) is 6.77. The lowest BCUT2D eigenvalue weighted by atomic mass is 10.3. The first-order valence-corrected chi connectivity index (χ1v) is 6.77. The van der Waals surface area contributed by atoms with Crippen LogP contribution in [0, 0.1) is 5.82 Å². The smallest absolute Gasteiger partial charge is 0.323 e. The fourth-order valence-corrected chi connectivity index (χ4v) is 1.83. The van der Waals surface area contributed by atoms with Crippen LogP contribution in [0.2, 0.25) is 0 Å². The van der Waals surface area contributed by atoms with Crippen LogP contribution in [0.15, 0.2) is 24.3 Å². The zero-order valence-corrected chi connectivity index (χ0v) is 12.3. The summed E-state index contributed by atoms with van der Waals surface area (Å²) in [6.07, 6.45) is 0.